The van der Waals surface area contributed by atoms with Gasteiger partial charge in [-0.1, -0.05) is 20.8 Å². The van der Waals surface area contributed by atoms with Crippen LogP contribution in [0.2, 0.25) is 18.1 Å². The van der Waals surface area contributed by atoms with Gasteiger partial charge in [0.2, 0.25) is 8.32 Å². The molecule has 0 aromatic heterocycles. The molecule has 0 aromatic rings. The minimum Gasteiger partial charge on any atom is -0.546 e. The summed E-state index contributed by atoms with van der Waals surface area (Å²) in [6.45, 7) is 14.8. The van der Waals surface area contributed by atoms with Gasteiger partial charge in [-0.2, -0.15) is 0 Å². The van der Waals surface area contributed by atoms with Crippen LogP contribution in [0.15, 0.2) is 11.8 Å². The van der Waals surface area contributed by atoms with E-state index in [1.165, 1.54) is 6.08 Å². The van der Waals surface area contributed by atoms with Gasteiger partial charge in [0, 0.05) is 0 Å². The second-order valence-electron chi connectivity index (χ2n) is 5.37. The molecule has 0 aliphatic carbocycles. The van der Waals surface area contributed by atoms with Crippen LogP contribution in [-0.2, 0) is 14.0 Å². The SMILES string of the molecule is CCOC(=O)/C=C(\C)O[Si](C)(C)C(C)(C)C. The van der Waals surface area contributed by atoms with Crippen molar-refractivity contribution in [2.75, 3.05) is 6.61 Å². The fourth-order valence-corrected chi connectivity index (χ4v) is 2.10. The number of carbonyl (C=O) groups is 1. The van der Waals surface area contributed by atoms with Crippen molar-refractivity contribution in [3.63, 3.8) is 0 Å². The summed E-state index contributed by atoms with van der Waals surface area (Å²) in [6.07, 6.45) is 1.42. The fraction of sp³-hybridized carbons (Fsp3) is 0.750. The lowest BCUT2D eigenvalue weighted by Crippen LogP contribution is -2.40. The van der Waals surface area contributed by atoms with E-state index in [0.29, 0.717) is 12.4 Å². The van der Waals surface area contributed by atoms with Crippen molar-refractivity contribution in [2.24, 2.45) is 0 Å². The second kappa shape index (κ2) is 5.52. The van der Waals surface area contributed by atoms with Gasteiger partial charge < -0.3 is 9.16 Å². The first-order chi connectivity index (χ1) is 7.10. The van der Waals surface area contributed by atoms with Crippen LogP contribution in [0.3, 0.4) is 0 Å². The van der Waals surface area contributed by atoms with Gasteiger partial charge in [0.05, 0.1) is 18.4 Å². The molecule has 0 amide bonds. The number of ether oxygens (including phenoxy) is 1. The molecule has 94 valence electrons. The molecule has 3 nitrogen and oxygen atoms in total. The number of esters is 1. The van der Waals surface area contributed by atoms with Crippen molar-refractivity contribution in [3.8, 4) is 0 Å². The quantitative estimate of drug-likeness (QED) is 0.329. The molecule has 0 radical (unpaired) electrons. The second-order valence-corrected chi connectivity index (χ2v) is 10.1. The molecule has 0 aliphatic rings. The molecule has 0 saturated carbocycles. The Hall–Kier alpha value is -0.773. The van der Waals surface area contributed by atoms with E-state index in [0.717, 1.165) is 0 Å². The molecule has 0 aliphatic heterocycles. The van der Waals surface area contributed by atoms with Crippen molar-refractivity contribution in [2.45, 2.75) is 52.8 Å². The Labute approximate surface area is 100.0 Å². The lowest BCUT2D eigenvalue weighted by Gasteiger charge is -2.36. The van der Waals surface area contributed by atoms with Gasteiger partial charge in [0.15, 0.2) is 0 Å². The van der Waals surface area contributed by atoms with Gasteiger partial charge in [-0.3, -0.25) is 0 Å². The zero-order chi connectivity index (χ0) is 13.0. The molecule has 0 rings (SSSR count). The number of carbonyl (C=O) groups excluding carboxylic acids is 1. The summed E-state index contributed by atoms with van der Waals surface area (Å²) in [5.41, 5.74) is 0. The van der Waals surface area contributed by atoms with E-state index < -0.39 is 8.32 Å². The van der Waals surface area contributed by atoms with E-state index >= 15 is 0 Å². The Morgan fingerprint density at radius 2 is 1.81 bits per heavy atom. The molecule has 0 aromatic carbocycles. The number of allylic oxidation sites excluding steroid dienone is 1. The Kier molecular flexibility index (Phi) is 5.26. The highest BCUT2D eigenvalue weighted by molar-refractivity contribution is 6.74. The molecule has 0 fully saturated rings. The monoisotopic (exact) mass is 244 g/mol. The van der Waals surface area contributed by atoms with Gasteiger partial charge in [-0.25, -0.2) is 4.79 Å². The minimum absolute atomic E-state index is 0.136. The highest BCUT2D eigenvalue weighted by Gasteiger charge is 2.38. The molecule has 0 bridgehead atoms. The molecule has 0 heterocycles. The normalized spacial score (nSPS) is 13.6. The summed E-state index contributed by atoms with van der Waals surface area (Å²) >= 11 is 0. The van der Waals surface area contributed by atoms with Crippen LogP contribution in [0.25, 0.3) is 0 Å². The third-order valence-corrected chi connectivity index (χ3v) is 7.27. The summed E-state index contributed by atoms with van der Waals surface area (Å²) in [4.78, 5) is 11.2. The third-order valence-electron chi connectivity index (χ3n) is 2.83. The topological polar surface area (TPSA) is 35.5 Å². The van der Waals surface area contributed by atoms with Gasteiger partial charge in [0.25, 0.3) is 0 Å². The zero-order valence-electron chi connectivity index (χ0n) is 11.5. The van der Waals surface area contributed by atoms with E-state index in [4.69, 9.17) is 9.16 Å². The first-order valence-corrected chi connectivity index (χ1v) is 8.55. The smallest absolute Gasteiger partial charge is 0.334 e. The molecule has 0 N–H and O–H groups in total. The lowest BCUT2D eigenvalue weighted by atomic mass is 10.2. The van der Waals surface area contributed by atoms with Crippen LogP contribution in [0.5, 0.6) is 0 Å². The van der Waals surface area contributed by atoms with E-state index in [-0.39, 0.29) is 11.0 Å². The lowest BCUT2D eigenvalue weighted by molar-refractivity contribution is -0.137. The highest BCUT2D eigenvalue weighted by atomic mass is 28.4. The Balaban J connectivity index is 4.56. The standard InChI is InChI=1S/C12H24O3Si/c1-8-14-11(13)9-10(2)15-16(6,7)12(3,4)5/h9H,8H2,1-7H3/b10-9+. The third kappa shape index (κ3) is 4.83. The van der Waals surface area contributed by atoms with Crippen LogP contribution in [0, 0.1) is 0 Å². The number of hydrogen-bond acceptors (Lipinski definition) is 3. The van der Waals surface area contributed by atoms with Crippen LogP contribution in [-0.4, -0.2) is 20.9 Å². The Morgan fingerprint density at radius 3 is 2.19 bits per heavy atom. The van der Waals surface area contributed by atoms with Crippen molar-refractivity contribution in [3.05, 3.63) is 11.8 Å². The molecule has 16 heavy (non-hydrogen) atoms. The highest BCUT2D eigenvalue weighted by Crippen LogP contribution is 2.37. The maximum absolute atomic E-state index is 11.2. The summed E-state index contributed by atoms with van der Waals surface area (Å²) in [5.74, 6) is 0.309. The van der Waals surface area contributed by atoms with Crippen LogP contribution < -0.4 is 0 Å². The average Bonchev–Trinajstić information content (AvgIpc) is 1.99. The summed E-state index contributed by atoms with van der Waals surface area (Å²) in [5, 5.41) is 0.136. The largest absolute Gasteiger partial charge is 0.546 e. The summed E-state index contributed by atoms with van der Waals surface area (Å²) < 4.78 is 10.8. The fourth-order valence-electron chi connectivity index (χ4n) is 0.935. The minimum atomic E-state index is -1.83. The molecule has 4 heteroatoms. The van der Waals surface area contributed by atoms with Crippen molar-refractivity contribution < 1.29 is 14.0 Å². The van der Waals surface area contributed by atoms with E-state index in [1.807, 2.05) is 0 Å². The van der Waals surface area contributed by atoms with E-state index in [2.05, 4.69) is 33.9 Å². The van der Waals surface area contributed by atoms with Crippen molar-refractivity contribution in [1.29, 1.82) is 0 Å². The molecular formula is C12H24O3Si. The molecule has 0 spiro atoms. The van der Waals surface area contributed by atoms with Gasteiger partial charge in [-0.05, 0) is 32.0 Å². The predicted octanol–water partition coefficient (Wildman–Crippen LogP) is 3.48. The average molecular weight is 244 g/mol. The number of rotatable bonds is 4. The summed E-state index contributed by atoms with van der Waals surface area (Å²) in [7, 11) is -1.83. The number of hydrogen-bond donors (Lipinski definition) is 0. The van der Waals surface area contributed by atoms with E-state index in [9.17, 15) is 4.79 Å². The van der Waals surface area contributed by atoms with Gasteiger partial charge in [-0.15, -0.1) is 0 Å². The van der Waals surface area contributed by atoms with Gasteiger partial charge in [0.1, 0.15) is 0 Å². The first kappa shape index (κ1) is 15.2. The van der Waals surface area contributed by atoms with Gasteiger partial charge >= 0.3 is 5.97 Å². The van der Waals surface area contributed by atoms with Crippen LogP contribution >= 0.6 is 0 Å². The van der Waals surface area contributed by atoms with Crippen LogP contribution in [0.4, 0.5) is 0 Å². The molecule has 0 saturated heterocycles. The molecule has 0 atom stereocenters. The zero-order valence-corrected chi connectivity index (χ0v) is 12.5. The molecular weight excluding hydrogens is 220 g/mol. The maximum Gasteiger partial charge on any atom is 0.334 e. The van der Waals surface area contributed by atoms with Crippen LogP contribution in [0.1, 0.15) is 34.6 Å². The van der Waals surface area contributed by atoms with E-state index in [1.54, 1.807) is 13.8 Å². The van der Waals surface area contributed by atoms with Crippen molar-refractivity contribution in [1.82, 2.24) is 0 Å². The Morgan fingerprint density at radius 1 is 1.31 bits per heavy atom. The predicted molar refractivity (Wildman–Crippen MR) is 68.7 cm³/mol. The molecule has 0 unspecified atom stereocenters. The van der Waals surface area contributed by atoms with Crippen molar-refractivity contribution >= 4 is 14.3 Å². The Bertz CT molecular complexity index is 274. The first-order valence-electron chi connectivity index (χ1n) is 5.64. The maximum atomic E-state index is 11.2. The summed E-state index contributed by atoms with van der Waals surface area (Å²) in [6, 6.07) is 0.